The number of nitrogens with zero attached hydrogens (tertiary/aromatic N) is 11. The molecule has 0 unspecified atom stereocenters. The molecule has 394 valence electrons. The first-order chi connectivity index (χ1) is 36.4. The Balaban J connectivity index is 0.000000179. The molecule has 11 rings (SSSR count). The maximum absolute atomic E-state index is 14.1. The molecule has 2 saturated heterocycles. The van der Waals surface area contributed by atoms with E-state index in [1.54, 1.807) is 43.0 Å². The maximum atomic E-state index is 14.1. The summed E-state index contributed by atoms with van der Waals surface area (Å²) in [5.41, 5.74) is 1.10. The molecule has 0 spiro atoms. The van der Waals surface area contributed by atoms with Crippen LogP contribution >= 0.6 is 23.1 Å². The van der Waals surface area contributed by atoms with E-state index in [1.807, 2.05) is 37.3 Å². The molecule has 0 bridgehead atoms. The van der Waals surface area contributed by atoms with Gasteiger partial charge in [-0.15, -0.1) is 0 Å². The highest BCUT2D eigenvalue weighted by Gasteiger charge is 2.38. The zero-order chi connectivity index (χ0) is 53.3. The number of halogens is 6. The number of aryl methyl sites for hydroxylation is 2. The van der Waals surface area contributed by atoms with E-state index < -0.39 is 29.6 Å². The van der Waals surface area contributed by atoms with Gasteiger partial charge < -0.3 is 35.6 Å². The molecular weight excluding hydrogens is 1030 g/mol. The Hall–Kier alpha value is -7.71. The highest BCUT2D eigenvalue weighted by Crippen LogP contribution is 2.41. The quantitative estimate of drug-likeness (QED) is 0.0803. The van der Waals surface area contributed by atoms with Gasteiger partial charge in [0, 0.05) is 83.9 Å². The standard InChI is InChI=1S/C29H27F3N8O2S.C21H21F3N8S/c1-16-8-9-19(14-40(16)28(41)42-15-18-6-4-3-5-7-18)36-27-34-13-22(29(30,31)32)24(38-27)21-12-33-25-20(21)10-11-23(37-25)26-35-17(2)39-43-26;1-10-3-4-12(7-25-10)29-20-27-9-15(21(22,23)24)17(31-20)14-8-26-18-13(14)5-6-16(30-18)19-28-11(2)32-33-19/h3-7,10-13,16,19H,8-9,14-15H2,1-2H3,(H,33,37)(H,34,36,38);5-6,8-10,12,25H,3-4,7H2,1-2H3,(H,26,30)(H,27,29,31)/t16-,19-;10-,12-/m11/s1. The number of aromatic amines is 2. The summed E-state index contributed by atoms with van der Waals surface area (Å²) >= 11 is 2.41. The Kier molecular flexibility index (Phi) is 14.6. The number of alkyl halides is 6. The number of piperidine rings is 2. The molecule has 0 saturated carbocycles. The number of pyridine rings is 2. The summed E-state index contributed by atoms with van der Waals surface area (Å²) in [6, 6.07) is 16.3. The minimum absolute atomic E-state index is 0.0309. The first kappa shape index (κ1) is 51.8. The van der Waals surface area contributed by atoms with Crippen LogP contribution in [0.5, 0.6) is 0 Å². The molecule has 2 aliphatic rings. The first-order valence-corrected chi connectivity index (χ1v) is 25.7. The number of hydrogen-bond acceptors (Lipinski definition) is 17. The second kappa shape index (κ2) is 21.5. The van der Waals surface area contributed by atoms with Gasteiger partial charge in [-0.1, -0.05) is 30.3 Å². The van der Waals surface area contributed by atoms with E-state index in [0.29, 0.717) is 92.7 Å². The number of hydrogen-bond donors (Lipinski definition) is 5. The summed E-state index contributed by atoms with van der Waals surface area (Å²) in [4.78, 5) is 54.7. The molecule has 18 nitrogen and oxygen atoms in total. The summed E-state index contributed by atoms with van der Waals surface area (Å²) in [6.07, 6.45) is -1.95. The molecule has 9 aromatic rings. The van der Waals surface area contributed by atoms with Crippen LogP contribution in [0.15, 0.2) is 79.4 Å². The summed E-state index contributed by atoms with van der Waals surface area (Å²) in [5, 5.41) is 11.9. The average molecular weight is 1080 g/mol. The topological polar surface area (TPSA) is 226 Å². The minimum atomic E-state index is -4.69. The third kappa shape index (κ3) is 11.6. The summed E-state index contributed by atoms with van der Waals surface area (Å²) in [7, 11) is 0. The molecule has 0 aliphatic carbocycles. The lowest BCUT2D eigenvalue weighted by Gasteiger charge is -2.37. The second-order valence-corrected chi connectivity index (χ2v) is 20.0. The van der Waals surface area contributed by atoms with Crippen molar-refractivity contribution in [2.75, 3.05) is 23.7 Å². The predicted molar refractivity (Wildman–Crippen MR) is 275 cm³/mol. The Morgan fingerprint density at radius 3 is 1.70 bits per heavy atom. The highest BCUT2D eigenvalue weighted by molar-refractivity contribution is 7.09. The zero-order valence-corrected chi connectivity index (χ0v) is 42.7. The number of anilines is 2. The fraction of sp³-hybridized carbons (Fsp3) is 0.340. The van der Waals surface area contributed by atoms with Gasteiger partial charge in [0.15, 0.2) is 10.0 Å². The molecule has 4 atom stereocenters. The zero-order valence-electron chi connectivity index (χ0n) is 41.1. The van der Waals surface area contributed by atoms with Gasteiger partial charge in [-0.05, 0) is 106 Å². The van der Waals surface area contributed by atoms with Crippen molar-refractivity contribution in [3.63, 3.8) is 0 Å². The Bertz CT molecular complexity index is 3500. The minimum Gasteiger partial charge on any atom is -0.445 e. The largest absolute Gasteiger partial charge is 0.445 e. The number of carbonyl (C=O) groups is 1. The van der Waals surface area contributed by atoms with Gasteiger partial charge in [-0.25, -0.2) is 44.7 Å². The van der Waals surface area contributed by atoms with Crippen LogP contribution in [0.1, 0.15) is 67.9 Å². The molecule has 2 aliphatic heterocycles. The van der Waals surface area contributed by atoms with Crippen molar-refractivity contribution in [1.29, 1.82) is 0 Å². The van der Waals surface area contributed by atoms with Gasteiger partial charge in [-0.2, -0.15) is 35.1 Å². The normalized spacial score (nSPS) is 18.1. The predicted octanol–water partition coefficient (Wildman–Crippen LogP) is 10.9. The van der Waals surface area contributed by atoms with Crippen molar-refractivity contribution in [2.45, 2.75) is 96.5 Å². The fourth-order valence-corrected chi connectivity index (χ4v) is 10.2. The number of fused-ring (bicyclic) bond motifs is 2. The number of carbonyl (C=O) groups excluding carboxylic acids is 1. The molecule has 2 fully saturated rings. The van der Waals surface area contributed by atoms with Crippen molar-refractivity contribution < 1.29 is 35.9 Å². The van der Waals surface area contributed by atoms with Crippen LogP contribution in [0.4, 0.5) is 43.0 Å². The number of amides is 1. The Morgan fingerprint density at radius 1 is 0.684 bits per heavy atom. The van der Waals surface area contributed by atoms with Crippen molar-refractivity contribution in [3.8, 4) is 43.9 Å². The monoisotopic (exact) mass is 1080 g/mol. The van der Waals surface area contributed by atoms with E-state index in [2.05, 4.69) is 81.5 Å². The molecule has 8 aromatic heterocycles. The molecular formula is C50H48F6N16O2S2. The van der Waals surface area contributed by atoms with Crippen LogP contribution in [-0.2, 0) is 23.7 Å². The van der Waals surface area contributed by atoms with Gasteiger partial charge in [0.25, 0.3) is 0 Å². The number of rotatable bonds is 10. The van der Waals surface area contributed by atoms with E-state index in [9.17, 15) is 31.1 Å². The maximum Gasteiger partial charge on any atom is 0.419 e. The molecule has 26 heteroatoms. The Labute approximate surface area is 438 Å². The highest BCUT2D eigenvalue weighted by atomic mass is 32.1. The van der Waals surface area contributed by atoms with Gasteiger partial charge in [0.05, 0.1) is 11.4 Å². The molecule has 76 heavy (non-hydrogen) atoms. The lowest BCUT2D eigenvalue weighted by Crippen LogP contribution is -2.50. The number of ether oxygens (including phenoxy) is 1. The number of likely N-dealkylation sites (tertiary alicyclic amines) is 1. The molecule has 0 radical (unpaired) electrons. The summed E-state index contributed by atoms with van der Waals surface area (Å²) in [6.45, 7) is 8.74. The Morgan fingerprint density at radius 2 is 1.21 bits per heavy atom. The van der Waals surface area contributed by atoms with Crippen molar-refractivity contribution in [3.05, 3.63) is 108 Å². The summed E-state index contributed by atoms with van der Waals surface area (Å²) < 4.78 is 97.6. The lowest BCUT2D eigenvalue weighted by atomic mass is 10.00. The van der Waals surface area contributed by atoms with Gasteiger partial charge in [0.1, 0.15) is 52.1 Å². The van der Waals surface area contributed by atoms with Crippen LogP contribution in [0.3, 0.4) is 0 Å². The van der Waals surface area contributed by atoms with Gasteiger partial charge in [0.2, 0.25) is 11.9 Å². The number of nitrogens with one attached hydrogen (secondary N) is 5. The number of aromatic nitrogens is 12. The van der Waals surface area contributed by atoms with Crippen LogP contribution in [0, 0.1) is 13.8 Å². The molecule has 5 N–H and O–H groups in total. The van der Waals surface area contributed by atoms with Crippen LogP contribution in [-0.4, -0.2) is 107 Å². The lowest BCUT2D eigenvalue weighted by molar-refractivity contribution is -0.138. The van der Waals surface area contributed by atoms with E-state index in [4.69, 9.17) is 4.74 Å². The molecule has 1 aromatic carbocycles. The summed E-state index contributed by atoms with van der Waals surface area (Å²) in [5.74, 6) is 1.46. The molecule has 1 amide bonds. The number of benzene rings is 1. The van der Waals surface area contributed by atoms with Crippen molar-refractivity contribution in [1.82, 2.24) is 68.8 Å². The van der Waals surface area contributed by atoms with E-state index in [0.717, 1.165) is 30.8 Å². The SMILES string of the molecule is Cc1nsc(-c2ccc3c(-c4nc(N[C@@H]5CC[C@@H](C)N(C(=O)OCc6ccccc6)C5)ncc4C(F)(F)F)c[nH]c3n2)n1.Cc1nsc(-c2ccc3c(-c4nc(N[C@@H]5CC[C@@H](C)NC5)ncc4C(F)(F)F)c[nH]c3n2)n1. The van der Waals surface area contributed by atoms with Crippen molar-refractivity contribution >= 4 is 63.1 Å². The average Bonchev–Trinajstić information content (AvgIpc) is 4.24. The fourth-order valence-electron chi connectivity index (χ4n) is 8.94. The van der Waals surface area contributed by atoms with Crippen molar-refractivity contribution in [2.24, 2.45) is 0 Å². The van der Waals surface area contributed by atoms with Crippen LogP contribution in [0.25, 0.3) is 66.0 Å². The second-order valence-electron chi connectivity index (χ2n) is 18.5. The van der Waals surface area contributed by atoms with Crippen LogP contribution < -0.4 is 16.0 Å². The van der Waals surface area contributed by atoms with Gasteiger partial charge >= 0.3 is 18.4 Å². The third-order valence-corrected chi connectivity index (χ3v) is 14.6. The first-order valence-electron chi connectivity index (χ1n) is 24.1. The molecule has 10 heterocycles. The third-order valence-electron chi connectivity index (χ3n) is 12.9. The van der Waals surface area contributed by atoms with E-state index in [-0.39, 0.29) is 53.6 Å². The van der Waals surface area contributed by atoms with Crippen LogP contribution in [0.2, 0.25) is 0 Å². The van der Waals surface area contributed by atoms with Gasteiger partial charge in [-0.3, -0.25) is 0 Å². The number of H-pyrrole nitrogens is 2. The smallest absolute Gasteiger partial charge is 0.419 e. The van der Waals surface area contributed by atoms with E-state index in [1.165, 1.54) is 35.5 Å². The van der Waals surface area contributed by atoms with E-state index >= 15 is 0 Å².